The first-order valence-electron chi connectivity index (χ1n) is 10.7. The highest BCUT2D eigenvalue weighted by Gasteiger charge is 2.33. The second-order valence-electron chi connectivity index (χ2n) is 8.31. The first kappa shape index (κ1) is 24.4. The van der Waals surface area contributed by atoms with E-state index in [1.807, 2.05) is 18.2 Å². The van der Waals surface area contributed by atoms with E-state index in [1.54, 1.807) is 13.0 Å². The van der Waals surface area contributed by atoms with Crippen LogP contribution in [0.1, 0.15) is 72.6 Å². The van der Waals surface area contributed by atoms with E-state index in [0.717, 1.165) is 38.5 Å². The van der Waals surface area contributed by atoms with Gasteiger partial charge in [0.05, 0.1) is 12.7 Å². The van der Waals surface area contributed by atoms with Gasteiger partial charge in [0.15, 0.2) is 0 Å². The summed E-state index contributed by atoms with van der Waals surface area (Å²) in [6.07, 6.45) is 16.7. The molecular weight excluding hydrogens is 352 g/mol. The number of esters is 1. The largest absolute Gasteiger partial charge is 0.463 e. The molecule has 0 bridgehead atoms. The average molecular weight is 391 g/mol. The summed E-state index contributed by atoms with van der Waals surface area (Å²) in [6, 6.07) is 0. The van der Waals surface area contributed by atoms with Gasteiger partial charge in [-0.2, -0.15) is 0 Å². The fourth-order valence-electron chi connectivity index (χ4n) is 3.60. The summed E-state index contributed by atoms with van der Waals surface area (Å²) in [6.45, 7) is 8.51. The molecule has 1 rings (SSSR count). The van der Waals surface area contributed by atoms with Crippen molar-refractivity contribution in [3.05, 3.63) is 36.5 Å². The number of Topliss-reactive ketones (excluding diaryl/α,β-unsaturated/α-hetero) is 1. The van der Waals surface area contributed by atoms with Crippen LogP contribution in [0.4, 0.5) is 0 Å². The third kappa shape index (κ3) is 8.55. The zero-order valence-electron chi connectivity index (χ0n) is 18.0. The van der Waals surface area contributed by atoms with Gasteiger partial charge in [-0.1, -0.05) is 64.0 Å². The molecule has 0 aromatic carbocycles. The number of unbranched alkanes of at least 4 members (excludes halogenated alkanes) is 1. The minimum Gasteiger partial charge on any atom is -0.463 e. The maximum Gasteiger partial charge on any atom is 0.330 e. The van der Waals surface area contributed by atoms with Crippen LogP contribution in [0.15, 0.2) is 36.5 Å². The fraction of sp³-hybridized carbons (Fsp3) is 0.667. The number of ether oxygens (including phenoxy) is 1. The minimum atomic E-state index is -0.483. The van der Waals surface area contributed by atoms with Crippen LogP contribution in [-0.4, -0.2) is 29.6 Å². The predicted octanol–water partition coefficient (Wildman–Crippen LogP) is 5.17. The highest BCUT2D eigenvalue weighted by atomic mass is 16.5. The van der Waals surface area contributed by atoms with Crippen LogP contribution >= 0.6 is 0 Å². The van der Waals surface area contributed by atoms with Crippen molar-refractivity contribution in [2.45, 2.75) is 78.7 Å². The Balaban J connectivity index is 2.52. The summed E-state index contributed by atoms with van der Waals surface area (Å²) < 4.78 is 4.82. The summed E-state index contributed by atoms with van der Waals surface area (Å²) in [7, 11) is 0. The number of ketones is 1. The van der Waals surface area contributed by atoms with Crippen LogP contribution in [-0.2, 0) is 14.3 Å². The van der Waals surface area contributed by atoms with Crippen LogP contribution in [0, 0.1) is 17.3 Å². The Morgan fingerprint density at radius 1 is 1.32 bits per heavy atom. The lowest BCUT2D eigenvalue weighted by Gasteiger charge is -2.29. The Kier molecular flexibility index (Phi) is 11.1. The lowest BCUT2D eigenvalue weighted by atomic mass is 9.80. The molecule has 1 aliphatic rings. The van der Waals surface area contributed by atoms with Gasteiger partial charge in [-0.3, -0.25) is 4.79 Å². The zero-order chi connectivity index (χ0) is 21.0. The van der Waals surface area contributed by atoms with Gasteiger partial charge in [0.1, 0.15) is 5.78 Å². The number of aliphatic hydroxyl groups is 1. The quantitative estimate of drug-likeness (QED) is 0.216. The molecular formula is C24H38O4. The van der Waals surface area contributed by atoms with Crippen LogP contribution in [0.3, 0.4) is 0 Å². The number of rotatable bonds is 12. The standard InChI is InChI=1S/C24H38O4/c1-5-7-18-24(3,4)22(26)17-15-19-14-16-21(25)20(19)12-10-8-9-11-13-23(27)28-6-2/h8-9,11,13,15,17,19-20,22,26H,5-7,10,12,14,16,18H2,1-4H3/t19-,20-,22?/m1/s1. The Bertz CT molecular complexity index is 571. The van der Waals surface area contributed by atoms with Gasteiger partial charge in [-0.05, 0) is 43.9 Å². The van der Waals surface area contributed by atoms with Crippen LogP contribution in [0.5, 0.6) is 0 Å². The normalized spacial score (nSPS) is 22.0. The van der Waals surface area contributed by atoms with Crippen LogP contribution in [0.25, 0.3) is 0 Å². The van der Waals surface area contributed by atoms with Crippen molar-refractivity contribution in [1.29, 1.82) is 0 Å². The fourth-order valence-corrected chi connectivity index (χ4v) is 3.60. The highest BCUT2D eigenvalue weighted by Crippen LogP contribution is 2.35. The number of aliphatic hydroxyl groups excluding tert-OH is 1. The van der Waals surface area contributed by atoms with Gasteiger partial charge in [-0.25, -0.2) is 4.79 Å². The number of carbonyl (C=O) groups is 2. The third-order valence-corrected chi connectivity index (χ3v) is 5.58. The van der Waals surface area contributed by atoms with E-state index >= 15 is 0 Å². The van der Waals surface area contributed by atoms with Crippen molar-refractivity contribution >= 4 is 11.8 Å². The summed E-state index contributed by atoms with van der Waals surface area (Å²) in [4.78, 5) is 23.5. The van der Waals surface area contributed by atoms with Crippen molar-refractivity contribution in [3.8, 4) is 0 Å². The molecule has 0 amide bonds. The summed E-state index contributed by atoms with van der Waals surface area (Å²) in [5.41, 5.74) is -0.140. The van der Waals surface area contributed by atoms with Gasteiger partial charge >= 0.3 is 5.97 Å². The molecule has 0 radical (unpaired) electrons. The van der Waals surface area contributed by atoms with E-state index in [-0.39, 0.29) is 23.2 Å². The molecule has 0 aromatic rings. The third-order valence-electron chi connectivity index (χ3n) is 5.58. The van der Waals surface area contributed by atoms with Gasteiger partial charge in [-0.15, -0.1) is 0 Å². The number of allylic oxidation sites excluding steroid dienone is 4. The lowest BCUT2D eigenvalue weighted by molar-refractivity contribution is -0.137. The number of hydrogen-bond acceptors (Lipinski definition) is 4. The molecule has 1 saturated carbocycles. The first-order valence-corrected chi connectivity index (χ1v) is 10.7. The molecule has 158 valence electrons. The van der Waals surface area contributed by atoms with E-state index in [2.05, 4.69) is 26.8 Å². The van der Waals surface area contributed by atoms with E-state index in [0.29, 0.717) is 18.8 Å². The molecule has 0 saturated heterocycles. The van der Waals surface area contributed by atoms with Gasteiger partial charge in [0.25, 0.3) is 0 Å². The van der Waals surface area contributed by atoms with Gasteiger partial charge in [0.2, 0.25) is 0 Å². The van der Waals surface area contributed by atoms with Gasteiger partial charge in [0, 0.05) is 18.4 Å². The lowest BCUT2D eigenvalue weighted by Crippen LogP contribution is -2.27. The molecule has 0 aliphatic heterocycles. The van der Waals surface area contributed by atoms with E-state index in [1.165, 1.54) is 6.08 Å². The molecule has 1 fully saturated rings. The molecule has 0 spiro atoms. The van der Waals surface area contributed by atoms with Crippen LogP contribution < -0.4 is 0 Å². The van der Waals surface area contributed by atoms with Crippen LogP contribution in [0.2, 0.25) is 0 Å². The number of hydrogen-bond donors (Lipinski definition) is 1. The Morgan fingerprint density at radius 2 is 2.07 bits per heavy atom. The Morgan fingerprint density at radius 3 is 2.75 bits per heavy atom. The molecule has 1 N–H and O–H groups in total. The van der Waals surface area contributed by atoms with Crippen molar-refractivity contribution in [2.24, 2.45) is 17.3 Å². The molecule has 3 atom stereocenters. The van der Waals surface area contributed by atoms with Crippen molar-refractivity contribution < 1.29 is 19.4 Å². The molecule has 4 nitrogen and oxygen atoms in total. The first-order chi connectivity index (χ1) is 13.3. The smallest absolute Gasteiger partial charge is 0.330 e. The number of carbonyl (C=O) groups excluding carboxylic acids is 2. The molecule has 1 unspecified atom stereocenters. The summed E-state index contributed by atoms with van der Waals surface area (Å²) >= 11 is 0. The van der Waals surface area contributed by atoms with Crippen molar-refractivity contribution in [3.63, 3.8) is 0 Å². The Hall–Kier alpha value is -1.68. The Labute approximate surface area is 170 Å². The molecule has 0 aromatic heterocycles. The maximum absolute atomic E-state index is 12.3. The van der Waals surface area contributed by atoms with E-state index in [9.17, 15) is 14.7 Å². The maximum atomic E-state index is 12.3. The van der Waals surface area contributed by atoms with Crippen molar-refractivity contribution in [1.82, 2.24) is 0 Å². The highest BCUT2D eigenvalue weighted by molar-refractivity contribution is 5.83. The second-order valence-corrected chi connectivity index (χ2v) is 8.31. The molecule has 4 heteroatoms. The van der Waals surface area contributed by atoms with Gasteiger partial charge < -0.3 is 9.84 Å². The predicted molar refractivity (Wildman–Crippen MR) is 114 cm³/mol. The topological polar surface area (TPSA) is 63.6 Å². The molecule has 1 aliphatic carbocycles. The van der Waals surface area contributed by atoms with E-state index in [4.69, 9.17) is 4.74 Å². The summed E-state index contributed by atoms with van der Waals surface area (Å²) in [5, 5.41) is 10.5. The van der Waals surface area contributed by atoms with E-state index < -0.39 is 6.10 Å². The monoisotopic (exact) mass is 390 g/mol. The SMILES string of the molecule is CCCCC(C)(C)C(O)C=C[C@H]1CCC(=O)[C@@H]1CCC=CC=CC(=O)OCC. The molecule has 28 heavy (non-hydrogen) atoms. The molecule has 0 heterocycles. The second kappa shape index (κ2) is 12.7. The summed E-state index contributed by atoms with van der Waals surface area (Å²) in [5.74, 6) is 0.224. The average Bonchev–Trinajstić information content (AvgIpc) is 3.00. The van der Waals surface area contributed by atoms with Crippen molar-refractivity contribution in [2.75, 3.05) is 6.61 Å². The zero-order valence-corrected chi connectivity index (χ0v) is 18.0. The minimum absolute atomic E-state index is 0.0286.